The van der Waals surface area contributed by atoms with Crippen LogP contribution in [0.1, 0.15) is 0 Å². The number of nitrogens with one attached hydrogen (secondary N) is 1. The molecule has 0 bridgehead atoms. The van der Waals surface area contributed by atoms with E-state index >= 15 is 0 Å². The zero-order chi connectivity index (χ0) is 8.70. The van der Waals surface area contributed by atoms with Crippen molar-refractivity contribution in [3.63, 3.8) is 0 Å². The SMILES string of the molecule is FC(F)(F)C(F)(F)C1CNC1. The van der Waals surface area contributed by atoms with E-state index in [1.807, 2.05) is 0 Å². The monoisotopic (exact) mass is 175 g/mol. The molecule has 0 radical (unpaired) electrons. The molecule has 0 aromatic heterocycles. The maximum absolute atomic E-state index is 12.2. The largest absolute Gasteiger partial charge is 0.453 e. The fraction of sp³-hybridized carbons (Fsp3) is 1.00. The topological polar surface area (TPSA) is 12.0 Å². The van der Waals surface area contributed by atoms with E-state index in [0.717, 1.165) is 0 Å². The molecular weight excluding hydrogens is 169 g/mol. The van der Waals surface area contributed by atoms with Gasteiger partial charge in [0.15, 0.2) is 0 Å². The van der Waals surface area contributed by atoms with Gasteiger partial charge in [-0.3, -0.25) is 0 Å². The second-order valence-electron chi connectivity index (χ2n) is 2.48. The van der Waals surface area contributed by atoms with E-state index in [1.54, 1.807) is 0 Å². The predicted octanol–water partition coefficient (Wildman–Crippen LogP) is 1.40. The van der Waals surface area contributed by atoms with Crippen LogP contribution in [0, 0.1) is 5.92 Å². The summed E-state index contributed by atoms with van der Waals surface area (Å²) in [6, 6.07) is 0. The molecule has 0 atom stereocenters. The minimum atomic E-state index is -5.40. The van der Waals surface area contributed by atoms with E-state index in [4.69, 9.17) is 0 Å². The average molecular weight is 175 g/mol. The third kappa shape index (κ3) is 1.31. The highest BCUT2D eigenvalue weighted by atomic mass is 19.4. The van der Waals surface area contributed by atoms with Crippen molar-refractivity contribution in [2.24, 2.45) is 5.92 Å². The van der Waals surface area contributed by atoms with Gasteiger partial charge in [0.2, 0.25) is 0 Å². The van der Waals surface area contributed by atoms with Gasteiger partial charge in [0.1, 0.15) is 0 Å². The van der Waals surface area contributed by atoms with Crippen LogP contribution in [-0.4, -0.2) is 25.2 Å². The Labute approximate surface area is 59.6 Å². The summed E-state index contributed by atoms with van der Waals surface area (Å²) >= 11 is 0. The Balaban J connectivity index is 2.64. The van der Waals surface area contributed by atoms with Crippen LogP contribution in [-0.2, 0) is 0 Å². The first kappa shape index (κ1) is 8.70. The van der Waals surface area contributed by atoms with Gasteiger partial charge < -0.3 is 5.32 Å². The zero-order valence-electron chi connectivity index (χ0n) is 5.38. The van der Waals surface area contributed by atoms with Gasteiger partial charge in [-0.05, 0) is 0 Å². The van der Waals surface area contributed by atoms with Crippen LogP contribution >= 0.6 is 0 Å². The molecule has 1 rings (SSSR count). The van der Waals surface area contributed by atoms with Crippen molar-refractivity contribution in [1.29, 1.82) is 0 Å². The number of hydrogen-bond acceptors (Lipinski definition) is 1. The molecule has 0 aliphatic carbocycles. The standard InChI is InChI=1S/C5H6F5N/c6-4(7,5(8,9)10)3-1-11-2-3/h3,11H,1-2H2. The van der Waals surface area contributed by atoms with Gasteiger partial charge in [0.05, 0.1) is 5.92 Å². The lowest BCUT2D eigenvalue weighted by atomic mass is 9.95. The van der Waals surface area contributed by atoms with E-state index in [2.05, 4.69) is 5.32 Å². The highest BCUT2D eigenvalue weighted by molar-refractivity contribution is 4.91. The van der Waals surface area contributed by atoms with E-state index in [9.17, 15) is 22.0 Å². The van der Waals surface area contributed by atoms with Gasteiger partial charge in [-0.2, -0.15) is 22.0 Å². The Morgan fingerprint density at radius 3 is 1.55 bits per heavy atom. The van der Waals surface area contributed by atoms with E-state index in [-0.39, 0.29) is 13.1 Å². The molecule has 6 heteroatoms. The summed E-state index contributed by atoms with van der Waals surface area (Å²) in [5, 5.41) is 2.36. The van der Waals surface area contributed by atoms with Crippen LogP contribution in [0.4, 0.5) is 22.0 Å². The lowest BCUT2D eigenvalue weighted by molar-refractivity contribution is -0.307. The number of alkyl halides is 5. The Bertz CT molecular complexity index is 147. The fourth-order valence-electron chi connectivity index (χ4n) is 0.776. The maximum atomic E-state index is 12.2. The van der Waals surface area contributed by atoms with Crippen molar-refractivity contribution in [2.45, 2.75) is 12.1 Å². The van der Waals surface area contributed by atoms with Gasteiger partial charge in [0.25, 0.3) is 0 Å². The molecule has 11 heavy (non-hydrogen) atoms. The third-order valence-corrected chi connectivity index (χ3v) is 1.67. The molecule has 1 nitrogen and oxygen atoms in total. The van der Waals surface area contributed by atoms with E-state index < -0.39 is 18.0 Å². The maximum Gasteiger partial charge on any atom is 0.453 e. The first-order chi connectivity index (χ1) is 4.86. The normalized spacial score (nSPS) is 21.5. The van der Waals surface area contributed by atoms with Gasteiger partial charge >= 0.3 is 12.1 Å². The second-order valence-corrected chi connectivity index (χ2v) is 2.48. The lowest BCUT2D eigenvalue weighted by Crippen LogP contribution is -2.57. The first-order valence-electron chi connectivity index (χ1n) is 3.01. The Hall–Kier alpha value is -0.390. The Morgan fingerprint density at radius 2 is 1.45 bits per heavy atom. The van der Waals surface area contributed by atoms with Crippen LogP contribution in [0.2, 0.25) is 0 Å². The highest BCUT2D eigenvalue weighted by Gasteiger charge is 2.63. The molecule has 1 fully saturated rings. The van der Waals surface area contributed by atoms with E-state index in [1.165, 1.54) is 0 Å². The molecule has 1 aliphatic heterocycles. The quantitative estimate of drug-likeness (QED) is 0.594. The zero-order valence-corrected chi connectivity index (χ0v) is 5.38. The number of hydrogen-bond donors (Lipinski definition) is 1. The summed E-state index contributed by atoms with van der Waals surface area (Å²) < 4.78 is 59.0. The van der Waals surface area contributed by atoms with Crippen LogP contribution in [0.3, 0.4) is 0 Å². The third-order valence-electron chi connectivity index (χ3n) is 1.67. The molecule has 66 valence electrons. The van der Waals surface area contributed by atoms with Gasteiger partial charge in [-0.1, -0.05) is 0 Å². The number of halogens is 5. The van der Waals surface area contributed by atoms with Gasteiger partial charge in [-0.15, -0.1) is 0 Å². The minimum Gasteiger partial charge on any atom is -0.316 e. The van der Waals surface area contributed by atoms with Crippen molar-refractivity contribution < 1.29 is 22.0 Å². The van der Waals surface area contributed by atoms with Crippen LogP contribution < -0.4 is 5.32 Å². The summed E-state index contributed by atoms with van der Waals surface area (Å²) in [6.45, 7) is -0.515. The second kappa shape index (κ2) is 2.30. The summed E-state index contributed by atoms with van der Waals surface area (Å²) in [6.07, 6.45) is -5.40. The Morgan fingerprint density at radius 1 is 1.00 bits per heavy atom. The first-order valence-corrected chi connectivity index (χ1v) is 3.01. The van der Waals surface area contributed by atoms with Crippen molar-refractivity contribution in [3.05, 3.63) is 0 Å². The molecule has 0 aromatic carbocycles. The van der Waals surface area contributed by atoms with Crippen LogP contribution in [0.5, 0.6) is 0 Å². The molecule has 0 aromatic rings. The summed E-state index contributed by atoms with van der Waals surface area (Å²) in [5.41, 5.74) is 0. The van der Waals surface area contributed by atoms with Crippen molar-refractivity contribution >= 4 is 0 Å². The summed E-state index contributed by atoms with van der Waals surface area (Å²) in [7, 11) is 0. The van der Waals surface area contributed by atoms with Gasteiger partial charge in [0, 0.05) is 13.1 Å². The molecule has 0 saturated carbocycles. The van der Waals surface area contributed by atoms with Crippen LogP contribution in [0.25, 0.3) is 0 Å². The Kier molecular flexibility index (Phi) is 1.82. The summed E-state index contributed by atoms with van der Waals surface area (Å²) in [4.78, 5) is 0. The number of rotatable bonds is 1. The molecule has 0 amide bonds. The molecule has 1 aliphatic rings. The molecular formula is C5H6F5N. The average Bonchev–Trinajstić information content (AvgIpc) is 1.53. The summed E-state index contributed by atoms with van der Waals surface area (Å²) in [5.74, 6) is -6.11. The highest BCUT2D eigenvalue weighted by Crippen LogP contribution is 2.42. The van der Waals surface area contributed by atoms with Crippen molar-refractivity contribution in [1.82, 2.24) is 5.32 Å². The molecule has 1 N–H and O–H groups in total. The van der Waals surface area contributed by atoms with E-state index in [0.29, 0.717) is 0 Å². The lowest BCUT2D eigenvalue weighted by Gasteiger charge is -2.35. The van der Waals surface area contributed by atoms with Crippen LogP contribution in [0.15, 0.2) is 0 Å². The van der Waals surface area contributed by atoms with Crippen molar-refractivity contribution in [3.8, 4) is 0 Å². The molecule has 0 spiro atoms. The smallest absolute Gasteiger partial charge is 0.316 e. The molecule has 1 saturated heterocycles. The molecule has 0 unspecified atom stereocenters. The van der Waals surface area contributed by atoms with Gasteiger partial charge in [-0.25, -0.2) is 0 Å². The molecule has 1 heterocycles. The van der Waals surface area contributed by atoms with Crippen molar-refractivity contribution in [2.75, 3.05) is 13.1 Å². The predicted molar refractivity (Wildman–Crippen MR) is 27.4 cm³/mol. The fourth-order valence-corrected chi connectivity index (χ4v) is 0.776. The minimum absolute atomic E-state index is 0.257.